The second-order valence-corrected chi connectivity index (χ2v) is 5.72. The molecule has 0 atom stereocenters. The molecular weight excluding hydrogens is 334 g/mol. The van der Waals surface area contributed by atoms with Gasteiger partial charge in [0.05, 0.1) is 13.7 Å². The predicted molar refractivity (Wildman–Crippen MR) is 99.2 cm³/mol. The van der Waals surface area contributed by atoms with Crippen molar-refractivity contribution in [3.8, 4) is 5.75 Å². The van der Waals surface area contributed by atoms with Gasteiger partial charge in [-0.1, -0.05) is 12.1 Å². The molecule has 0 aliphatic heterocycles. The van der Waals surface area contributed by atoms with Gasteiger partial charge in [0.1, 0.15) is 5.75 Å². The van der Waals surface area contributed by atoms with Crippen LogP contribution in [-0.4, -0.2) is 31.4 Å². The lowest BCUT2D eigenvalue weighted by molar-refractivity contribution is -0.136. The molecular formula is C19H21N3O4. The molecule has 3 N–H and O–H groups in total. The molecule has 26 heavy (non-hydrogen) atoms. The summed E-state index contributed by atoms with van der Waals surface area (Å²) in [5, 5.41) is 7.39. The molecule has 7 nitrogen and oxygen atoms in total. The van der Waals surface area contributed by atoms with Crippen LogP contribution in [0.2, 0.25) is 0 Å². The Morgan fingerprint density at radius 2 is 1.62 bits per heavy atom. The minimum Gasteiger partial charge on any atom is -0.497 e. The third kappa shape index (κ3) is 5.34. The Kier molecular flexibility index (Phi) is 6.32. The fourth-order valence-electron chi connectivity index (χ4n) is 2.15. The number of benzene rings is 2. The van der Waals surface area contributed by atoms with Crippen molar-refractivity contribution in [3.05, 3.63) is 53.6 Å². The van der Waals surface area contributed by atoms with Gasteiger partial charge in [-0.15, -0.1) is 0 Å². The minimum atomic E-state index is -0.885. The van der Waals surface area contributed by atoms with Crippen molar-refractivity contribution < 1.29 is 19.1 Å². The average molecular weight is 355 g/mol. The van der Waals surface area contributed by atoms with E-state index in [0.717, 1.165) is 11.1 Å². The number of rotatable bonds is 5. The molecule has 0 heterocycles. The number of carbonyl (C=O) groups is 3. The largest absolute Gasteiger partial charge is 0.497 e. The van der Waals surface area contributed by atoms with E-state index in [1.807, 2.05) is 19.9 Å². The lowest BCUT2D eigenvalue weighted by atomic mass is 10.1. The fraction of sp³-hybridized carbons (Fsp3) is 0.211. The lowest BCUT2D eigenvalue weighted by Gasteiger charge is -2.09. The van der Waals surface area contributed by atoms with E-state index in [4.69, 9.17) is 4.74 Å². The maximum atomic E-state index is 11.9. The van der Waals surface area contributed by atoms with E-state index >= 15 is 0 Å². The summed E-state index contributed by atoms with van der Waals surface area (Å²) in [5.74, 6) is -1.57. The highest BCUT2D eigenvalue weighted by Gasteiger charge is 2.15. The van der Waals surface area contributed by atoms with Crippen LogP contribution in [0.4, 0.5) is 11.4 Å². The summed E-state index contributed by atoms with van der Waals surface area (Å²) >= 11 is 0. The zero-order valence-electron chi connectivity index (χ0n) is 14.9. The number of hydrogen-bond donors (Lipinski definition) is 3. The molecule has 2 rings (SSSR count). The van der Waals surface area contributed by atoms with Crippen molar-refractivity contribution in [2.45, 2.75) is 13.8 Å². The first kappa shape index (κ1) is 19.0. The van der Waals surface area contributed by atoms with Gasteiger partial charge >= 0.3 is 11.8 Å². The summed E-state index contributed by atoms with van der Waals surface area (Å²) < 4.78 is 5.06. The van der Waals surface area contributed by atoms with Crippen LogP contribution in [0.1, 0.15) is 11.1 Å². The Morgan fingerprint density at radius 1 is 0.885 bits per heavy atom. The van der Waals surface area contributed by atoms with Crippen LogP contribution in [0.5, 0.6) is 5.75 Å². The van der Waals surface area contributed by atoms with Crippen molar-refractivity contribution in [2.75, 3.05) is 24.3 Å². The topological polar surface area (TPSA) is 96.5 Å². The molecule has 0 saturated carbocycles. The number of amides is 3. The maximum Gasteiger partial charge on any atom is 0.313 e. The molecule has 2 aromatic carbocycles. The molecule has 136 valence electrons. The summed E-state index contributed by atoms with van der Waals surface area (Å²) in [5.41, 5.74) is 3.14. The van der Waals surface area contributed by atoms with Gasteiger partial charge in [-0.05, 0) is 49.2 Å². The number of methoxy groups -OCH3 is 1. The van der Waals surface area contributed by atoms with Crippen LogP contribution in [0, 0.1) is 13.8 Å². The number of anilines is 2. The van der Waals surface area contributed by atoms with Crippen LogP contribution in [0.15, 0.2) is 42.5 Å². The molecule has 2 aromatic rings. The van der Waals surface area contributed by atoms with Gasteiger partial charge in [0.15, 0.2) is 0 Å². The van der Waals surface area contributed by atoms with E-state index < -0.39 is 17.7 Å². The number of hydrogen-bond acceptors (Lipinski definition) is 4. The van der Waals surface area contributed by atoms with E-state index in [1.54, 1.807) is 36.4 Å². The van der Waals surface area contributed by atoms with Gasteiger partial charge in [-0.3, -0.25) is 14.4 Å². The minimum absolute atomic E-state index is 0.323. The molecule has 0 radical (unpaired) electrons. The van der Waals surface area contributed by atoms with Crippen LogP contribution in [0.3, 0.4) is 0 Å². The highest BCUT2D eigenvalue weighted by atomic mass is 16.5. The van der Waals surface area contributed by atoms with Crippen LogP contribution in [-0.2, 0) is 14.4 Å². The first-order valence-electron chi connectivity index (χ1n) is 7.99. The third-order valence-electron chi connectivity index (χ3n) is 3.73. The lowest BCUT2D eigenvalue weighted by Crippen LogP contribution is -2.39. The molecule has 3 amide bonds. The smallest absolute Gasteiger partial charge is 0.313 e. The summed E-state index contributed by atoms with van der Waals surface area (Å²) in [7, 11) is 1.52. The standard InChI is InChI=1S/C19H21N3O4/c1-12-7-8-15(9-13(12)2)22-19(25)18(24)20-11-17(23)21-14-5-4-6-16(10-14)26-3/h4-10H,11H2,1-3H3,(H,20,24)(H,21,23)(H,22,25). The van der Waals surface area contributed by atoms with Crippen LogP contribution >= 0.6 is 0 Å². The van der Waals surface area contributed by atoms with Gasteiger partial charge < -0.3 is 20.7 Å². The van der Waals surface area contributed by atoms with E-state index in [9.17, 15) is 14.4 Å². The molecule has 0 fully saturated rings. The number of nitrogens with one attached hydrogen (secondary N) is 3. The molecule has 7 heteroatoms. The second-order valence-electron chi connectivity index (χ2n) is 5.72. The van der Waals surface area contributed by atoms with Gasteiger partial charge in [-0.25, -0.2) is 0 Å². The predicted octanol–water partition coefficient (Wildman–Crippen LogP) is 2.01. The van der Waals surface area contributed by atoms with Crippen molar-refractivity contribution >= 4 is 29.1 Å². The number of aryl methyl sites for hydroxylation is 2. The highest BCUT2D eigenvalue weighted by Crippen LogP contribution is 2.16. The van der Waals surface area contributed by atoms with E-state index in [1.165, 1.54) is 7.11 Å². The first-order valence-corrected chi connectivity index (χ1v) is 7.99. The highest BCUT2D eigenvalue weighted by molar-refractivity contribution is 6.39. The van der Waals surface area contributed by atoms with Gasteiger partial charge in [0, 0.05) is 17.4 Å². The monoisotopic (exact) mass is 355 g/mol. The molecule has 0 saturated heterocycles. The zero-order valence-corrected chi connectivity index (χ0v) is 14.9. The Labute approximate surface area is 151 Å². The van der Waals surface area contributed by atoms with Crippen molar-refractivity contribution in [2.24, 2.45) is 0 Å². The Hall–Kier alpha value is -3.35. The number of carbonyl (C=O) groups excluding carboxylic acids is 3. The summed E-state index contributed by atoms with van der Waals surface area (Å²) in [4.78, 5) is 35.6. The zero-order chi connectivity index (χ0) is 19.1. The van der Waals surface area contributed by atoms with Gasteiger partial charge in [0.2, 0.25) is 5.91 Å². The van der Waals surface area contributed by atoms with Crippen molar-refractivity contribution in [1.82, 2.24) is 5.32 Å². The Balaban J connectivity index is 1.83. The van der Waals surface area contributed by atoms with Crippen LogP contribution in [0.25, 0.3) is 0 Å². The van der Waals surface area contributed by atoms with Crippen molar-refractivity contribution in [3.63, 3.8) is 0 Å². The molecule has 0 aliphatic carbocycles. The van der Waals surface area contributed by atoms with Gasteiger partial charge in [0.25, 0.3) is 0 Å². The first-order chi connectivity index (χ1) is 12.4. The normalized spacial score (nSPS) is 9.96. The quantitative estimate of drug-likeness (QED) is 0.715. The molecule has 0 aliphatic rings. The summed E-state index contributed by atoms with van der Waals surface area (Å²) in [6.07, 6.45) is 0. The molecule has 0 aromatic heterocycles. The SMILES string of the molecule is COc1cccc(NC(=O)CNC(=O)C(=O)Nc2ccc(C)c(C)c2)c1. The number of ether oxygens (including phenoxy) is 1. The van der Waals surface area contributed by atoms with E-state index in [0.29, 0.717) is 17.1 Å². The van der Waals surface area contributed by atoms with E-state index in [2.05, 4.69) is 16.0 Å². The summed E-state index contributed by atoms with van der Waals surface area (Å²) in [6, 6.07) is 12.1. The third-order valence-corrected chi connectivity index (χ3v) is 3.73. The second kappa shape index (κ2) is 8.66. The Morgan fingerprint density at radius 3 is 2.31 bits per heavy atom. The van der Waals surface area contributed by atoms with Gasteiger partial charge in [-0.2, -0.15) is 0 Å². The summed E-state index contributed by atoms with van der Waals surface area (Å²) in [6.45, 7) is 3.54. The fourth-order valence-corrected chi connectivity index (χ4v) is 2.15. The molecule has 0 unspecified atom stereocenters. The molecule has 0 spiro atoms. The Bertz CT molecular complexity index is 833. The van der Waals surface area contributed by atoms with Crippen LogP contribution < -0.4 is 20.7 Å². The van der Waals surface area contributed by atoms with Crippen molar-refractivity contribution in [1.29, 1.82) is 0 Å². The maximum absolute atomic E-state index is 11.9. The van der Waals surface area contributed by atoms with E-state index in [-0.39, 0.29) is 6.54 Å². The average Bonchev–Trinajstić information content (AvgIpc) is 2.62. The molecule has 0 bridgehead atoms.